The van der Waals surface area contributed by atoms with Crippen molar-refractivity contribution in [2.45, 2.75) is 19.4 Å². The van der Waals surface area contributed by atoms with Gasteiger partial charge in [0.2, 0.25) is 5.91 Å². The Hall–Kier alpha value is -2.69. The fourth-order valence-electron chi connectivity index (χ4n) is 0.655. The van der Waals surface area contributed by atoms with E-state index < -0.39 is 22.6 Å². The zero-order chi connectivity index (χ0) is 17.1. The molecule has 0 rings (SSSR count). The number of nitrogens with two attached hydrogens (primary N) is 1. The van der Waals surface area contributed by atoms with E-state index in [2.05, 4.69) is 10.2 Å². The summed E-state index contributed by atoms with van der Waals surface area (Å²) in [6.45, 7) is 2.97. The molecule has 5 N–H and O–H groups in total. The molecule has 0 radical (unpaired) electrons. The molecular formula is C10H17N3O8. The number of nitrogens with zero attached hydrogens (tertiary/aromatic N) is 1. The zero-order valence-corrected chi connectivity index (χ0v) is 11.4. The van der Waals surface area contributed by atoms with Crippen molar-refractivity contribution in [1.82, 2.24) is 5.32 Å². The first kappa shape index (κ1) is 20.6. The number of carboxylic acid groups (broad SMARTS) is 2. The first-order chi connectivity index (χ1) is 9.46. The molecular weight excluding hydrogens is 290 g/mol. The van der Waals surface area contributed by atoms with Gasteiger partial charge in [-0.2, -0.15) is 0 Å². The van der Waals surface area contributed by atoms with Crippen molar-refractivity contribution < 1.29 is 34.5 Å². The summed E-state index contributed by atoms with van der Waals surface area (Å²) >= 11 is 0. The van der Waals surface area contributed by atoms with Gasteiger partial charge in [-0.15, -0.1) is 10.1 Å². The van der Waals surface area contributed by atoms with Crippen LogP contribution in [0.25, 0.3) is 0 Å². The van der Waals surface area contributed by atoms with Gasteiger partial charge in [-0.05, 0) is 13.8 Å². The molecule has 1 amide bonds. The van der Waals surface area contributed by atoms with Crippen LogP contribution in [0.3, 0.4) is 0 Å². The van der Waals surface area contributed by atoms with Crippen molar-refractivity contribution >= 4 is 17.8 Å². The molecule has 0 bridgehead atoms. The second kappa shape index (κ2) is 10.1. The van der Waals surface area contributed by atoms with E-state index in [0.29, 0.717) is 12.2 Å². The molecule has 0 saturated heterocycles. The van der Waals surface area contributed by atoms with Gasteiger partial charge in [-0.1, -0.05) is 0 Å². The third-order valence-corrected chi connectivity index (χ3v) is 1.54. The lowest BCUT2D eigenvalue weighted by Gasteiger charge is -2.17. The molecule has 0 aliphatic heterocycles. The van der Waals surface area contributed by atoms with Gasteiger partial charge in [0.25, 0.3) is 5.09 Å². The van der Waals surface area contributed by atoms with Gasteiger partial charge >= 0.3 is 11.9 Å². The Balaban J connectivity index is 0. The Bertz CT molecular complexity index is 397. The molecule has 0 atom stereocenters. The van der Waals surface area contributed by atoms with Gasteiger partial charge < -0.3 is 26.1 Å². The summed E-state index contributed by atoms with van der Waals surface area (Å²) in [5, 5.41) is 26.8. The molecule has 0 saturated carbocycles. The van der Waals surface area contributed by atoms with Crippen LogP contribution in [0.4, 0.5) is 0 Å². The van der Waals surface area contributed by atoms with Crippen LogP contribution in [0, 0.1) is 10.1 Å². The fourth-order valence-corrected chi connectivity index (χ4v) is 0.655. The van der Waals surface area contributed by atoms with Crippen LogP contribution in [-0.4, -0.2) is 51.8 Å². The molecule has 0 spiro atoms. The highest BCUT2D eigenvalue weighted by atomic mass is 16.9. The average Bonchev–Trinajstić information content (AvgIpc) is 2.31. The minimum absolute atomic E-state index is 0.0699. The highest BCUT2D eigenvalue weighted by molar-refractivity contribution is 5.89. The maximum absolute atomic E-state index is 11.0. The number of hydrogen-bond donors (Lipinski definition) is 4. The van der Waals surface area contributed by atoms with Crippen molar-refractivity contribution in [3.63, 3.8) is 0 Å². The number of amides is 1. The molecule has 120 valence electrons. The normalized spacial score (nSPS) is 10.2. The van der Waals surface area contributed by atoms with Crippen molar-refractivity contribution in [2.75, 3.05) is 13.2 Å². The molecule has 11 heteroatoms. The van der Waals surface area contributed by atoms with Gasteiger partial charge in [-0.3, -0.25) is 4.79 Å². The maximum Gasteiger partial charge on any atom is 0.328 e. The summed E-state index contributed by atoms with van der Waals surface area (Å²) < 4.78 is 0. The van der Waals surface area contributed by atoms with Crippen LogP contribution in [0.15, 0.2) is 12.2 Å². The van der Waals surface area contributed by atoms with E-state index in [-0.39, 0.29) is 19.1 Å². The lowest BCUT2D eigenvalue weighted by molar-refractivity contribution is -0.757. The second-order valence-corrected chi connectivity index (χ2v) is 4.04. The highest BCUT2D eigenvalue weighted by Gasteiger charge is 2.20. The molecule has 0 aromatic heterocycles. The number of carbonyl (C=O) groups excluding carboxylic acids is 1. The molecule has 0 aromatic rings. The van der Waals surface area contributed by atoms with Crippen molar-refractivity contribution in [1.29, 1.82) is 0 Å². The van der Waals surface area contributed by atoms with Crippen molar-refractivity contribution in [2.24, 2.45) is 5.73 Å². The smallest absolute Gasteiger partial charge is 0.328 e. The summed E-state index contributed by atoms with van der Waals surface area (Å²) in [4.78, 5) is 43.8. The van der Waals surface area contributed by atoms with Crippen LogP contribution in [0.1, 0.15) is 13.8 Å². The number of carbonyl (C=O) groups is 3. The van der Waals surface area contributed by atoms with Crippen molar-refractivity contribution in [3.8, 4) is 0 Å². The van der Waals surface area contributed by atoms with Crippen LogP contribution >= 0.6 is 0 Å². The highest BCUT2D eigenvalue weighted by Crippen LogP contribution is 1.94. The van der Waals surface area contributed by atoms with E-state index in [4.69, 9.17) is 15.9 Å². The predicted molar refractivity (Wildman–Crippen MR) is 68.6 cm³/mol. The Kier molecular flexibility index (Phi) is 9.96. The van der Waals surface area contributed by atoms with Gasteiger partial charge in [0, 0.05) is 18.7 Å². The van der Waals surface area contributed by atoms with E-state index >= 15 is 0 Å². The topological polar surface area (TPSA) is 182 Å². The average molecular weight is 307 g/mol. The maximum atomic E-state index is 11.0. The van der Waals surface area contributed by atoms with E-state index in [1.165, 1.54) is 13.8 Å². The largest absolute Gasteiger partial charge is 0.478 e. The number of carboxylic acids is 2. The molecule has 0 heterocycles. The molecule has 11 nitrogen and oxygen atoms in total. The molecule has 0 aliphatic rings. The summed E-state index contributed by atoms with van der Waals surface area (Å²) in [5.74, 6) is -2.89. The summed E-state index contributed by atoms with van der Waals surface area (Å²) in [7, 11) is 0. The number of rotatable bonds is 7. The van der Waals surface area contributed by atoms with Gasteiger partial charge in [0.1, 0.15) is 6.61 Å². The standard InChI is InChI=1S/C6H13N3O4.C4H4O4/c1-6(2,7)5(10)8-3-4-13-9(11)12;5-3(6)1-2-4(7)8/h3-4,7H2,1-2H3,(H,8,10);1-2H,(H,5,6)(H,7,8)/b;2-1+. The Morgan fingerprint density at radius 2 is 1.71 bits per heavy atom. The van der Waals surface area contributed by atoms with Crippen LogP contribution in [0.5, 0.6) is 0 Å². The predicted octanol–water partition coefficient (Wildman–Crippen LogP) is -1.24. The fraction of sp³-hybridized carbons (Fsp3) is 0.500. The number of nitrogens with one attached hydrogen (secondary N) is 1. The van der Waals surface area contributed by atoms with Crippen LogP contribution < -0.4 is 11.1 Å². The number of aliphatic carboxylic acids is 2. The molecule has 21 heavy (non-hydrogen) atoms. The third-order valence-electron chi connectivity index (χ3n) is 1.54. The summed E-state index contributed by atoms with van der Waals surface area (Å²) in [5.41, 5.74) is 4.46. The third kappa shape index (κ3) is 17.3. The molecule has 0 aromatic carbocycles. The zero-order valence-electron chi connectivity index (χ0n) is 11.4. The Morgan fingerprint density at radius 3 is 2.00 bits per heavy atom. The van der Waals surface area contributed by atoms with Gasteiger partial charge in [0.05, 0.1) is 5.54 Å². The minimum Gasteiger partial charge on any atom is -0.478 e. The SMILES string of the molecule is CC(C)(N)C(=O)NCCO[N+](=O)[O-].O=C(O)/C=C/C(=O)O. The van der Waals surface area contributed by atoms with Gasteiger partial charge in [-0.25, -0.2) is 9.59 Å². The second-order valence-electron chi connectivity index (χ2n) is 4.04. The summed E-state index contributed by atoms with van der Waals surface area (Å²) in [6.07, 6.45) is 1.12. The number of hydrogen-bond acceptors (Lipinski definition) is 7. The first-order valence-corrected chi connectivity index (χ1v) is 5.45. The van der Waals surface area contributed by atoms with Crippen LogP contribution in [-0.2, 0) is 19.2 Å². The van der Waals surface area contributed by atoms with E-state index in [0.717, 1.165) is 0 Å². The summed E-state index contributed by atoms with van der Waals surface area (Å²) in [6, 6.07) is 0. The van der Waals surface area contributed by atoms with Crippen LogP contribution in [0.2, 0.25) is 0 Å². The molecule has 0 fully saturated rings. The Labute approximate surface area is 119 Å². The van der Waals surface area contributed by atoms with E-state index in [9.17, 15) is 24.5 Å². The van der Waals surface area contributed by atoms with E-state index in [1.54, 1.807) is 0 Å². The molecule has 0 aliphatic carbocycles. The first-order valence-electron chi connectivity index (χ1n) is 5.45. The lowest BCUT2D eigenvalue weighted by Crippen LogP contribution is -2.49. The minimum atomic E-state index is -1.26. The molecule has 0 unspecified atom stereocenters. The van der Waals surface area contributed by atoms with Crippen molar-refractivity contribution in [3.05, 3.63) is 22.3 Å². The Morgan fingerprint density at radius 1 is 1.29 bits per heavy atom. The monoisotopic (exact) mass is 307 g/mol. The lowest BCUT2D eigenvalue weighted by atomic mass is 10.1. The van der Waals surface area contributed by atoms with Gasteiger partial charge in [0.15, 0.2) is 0 Å². The van der Waals surface area contributed by atoms with E-state index in [1.807, 2.05) is 0 Å². The quantitative estimate of drug-likeness (QED) is 0.193.